The molecule has 0 aromatic heterocycles. The number of sulfonamides is 1. The van der Waals surface area contributed by atoms with Crippen LogP contribution in [0.15, 0.2) is 22.1 Å². The van der Waals surface area contributed by atoms with Crippen molar-refractivity contribution >= 4 is 38.7 Å². The van der Waals surface area contributed by atoms with Crippen molar-refractivity contribution in [3.05, 3.63) is 22.1 Å². The van der Waals surface area contributed by atoms with Gasteiger partial charge in [-0.05, 0) is 19.5 Å². The number of allylic oxidation sites excluding steroid dienone is 4. The van der Waals surface area contributed by atoms with Gasteiger partial charge in [0.25, 0.3) is 0 Å². The third-order valence-electron chi connectivity index (χ3n) is 3.12. The number of likely N-dealkylation sites (N-methyl/N-ethyl adjacent to an activating group) is 1. The van der Waals surface area contributed by atoms with Crippen LogP contribution >= 0.6 is 23.8 Å². The monoisotopic (exact) mass is 338 g/mol. The lowest BCUT2D eigenvalue weighted by Gasteiger charge is -2.26. The van der Waals surface area contributed by atoms with Gasteiger partial charge in [-0.3, -0.25) is 0 Å². The number of hydrogen-bond donors (Lipinski definition) is 3. The predicted octanol–water partition coefficient (Wildman–Crippen LogP) is 1.04. The molecule has 0 aromatic rings. The molecule has 0 aromatic carbocycles. The lowest BCUT2D eigenvalue weighted by molar-refractivity contribution is 0.227. The van der Waals surface area contributed by atoms with Gasteiger partial charge in [0.1, 0.15) is 0 Å². The van der Waals surface area contributed by atoms with E-state index in [2.05, 4.69) is 10.0 Å². The summed E-state index contributed by atoms with van der Waals surface area (Å²) in [6.45, 7) is 1.60. The van der Waals surface area contributed by atoms with Crippen LogP contribution in [0.2, 0.25) is 0 Å². The van der Waals surface area contributed by atoms with Crippen LogP contribution in [0.25, 0.3) is 0 Å². The molecule has 114 valence electrons. The summed E-state index contributed by atoms with van der Waals surface area (Å²) in [5.41, 5.74) is 0. The third-order valence-corrected chi connectivity index (χ3v) is 5.45. The first-order valence-electron chi connectivity index (χ1n) is 6.26. The van der Waals surface area contributed by atoms with Crippen molar-refractivity contribution in [2.24, 2.45) is 0 Å². The average molecular weight is 339 g/mol. The Morgan fingerprint density at radius 3 is 2.65 bits per heavy atom. The Balaban J connectivity index is 2.99. The molecule has 0 amide bonds. The number of halogens is 1. The molecule has 0 bridgehead atoms. The summed E-state index contributed by atoms with van der Waals surface area (Å²) in [6.07, 6.45) is 4.00. The molecular weight excluding hydrogens is 320 g/mol. The molecular formula is C12H19ClN2O3S2. The lowest BCUT2D eigenvalue weighted by Crippen LogP contribution is -2.51. The van der Waals surface area contributed by atoms with Gasteiger partial charge in [0.2, 0.25) is 10.0 Å². The molecule has 1 unspecified atom stereocenters. The van der Waals surface area contributed by atoms with Crippen LogP contribution < -0.4 is 10.0 Å². The third kappa shape index (κ3) is 4.34. The molecule has 0 saturated carbocycles. The zero-order valence-electron chi connectivity index (χ0n) is 11.4. The molecule has 0 heterocycles. The van der Waals surface area contributed by atoms with Crippen molar-refractivity contribution in [1.82, 2.24) is 10.0 Å². The van der Waals surface area contributed by atoms with E-state index >= 15 is 0 Å². The summed E-state index contributed by atoms with van der Waals surface area (Å²) < 4.78 is 27.2. The molecule has 0 fully saturated rings. The molecule has 20 heavy (non-hydrogen) atoms. The van der Waals surface area contributed by atoms with Gasteiger partial charge in [-0.25, -0.2) is 13.1 Å². The summed E-state index contributed by atoms with van der Waals surface area (Å²) in [5, 5.41) is 12.7. The highest BCUT2D eigenvalue weighted by atomic mass is 35.5. The smallest absolute Gasteiger partial charge is 0.242 e. The van der Waals surface area contributed by atoms with Gasteiger partial charge in [0.15, 0.2) is 0 Å². The standard InChI is InChI=1S/C12H19ClN2O3S2/c1-3-9(14-2)10(7-16)15-20(17,18)12-6-8(13)4-5-11(12)19/h4,6,9-10,14-16H,3,5,7H2,1-2H3/t9?,10-/m1/s1. The van der Waals surface area contributed by atoms with Crippen LogP contribution in [0.3, 0.4) is 0 Å². The molecule has 1 rings (SSSR count). The fraction of sp³-hybridized carbons (Fsp3) is 0.583. The second-order valence-corrected chi connectivity index (χ2v) is 7.05. The number of nitrogens with one attached hydrogen (secondary N) is 2. The first kappa shape index (κ1) is 17.7. The molecule has 0 aliphatic heterocycles. The van der Waals surface area contributed by atoms with E-state index in [4.69, 9.17) is 23.8 Å². The first-order chi connectivity index (χ1) is 9.35. The highest BCUT2D eigenvalue weighted by molar-refractivity contribution is 7.96. The minimum atomic E-state index is -3.80. The summed E-state index contributed by atoms with van der Waals surface area (Å²) in [4.78, 5) is 0.320. The van der Waals surface area contributed by atoms with E-state index in [0.717, 1.165) is 0 Å². The van der Waals surface area contributed by atoms with Crippen molar-refractivity contribution in [2.75, 3.05) is 13.7 Å². The zero-order chi connectivity index (χ0) is 15.3. The van der Waals surface area contributed by atoms with Crippen molar-refractivity contribution < 1.29 is 13.5 Å². The number of hydrogen-bond acceptors (Lipinski definition) is 5. The largest absolute Gasteiger partial charge is 0.395 e. The predicted molar refractivity (Wildman–Crippen MR) is 85.3 cm³/mol. The SMILES string of the molecule is CCC(NC)[C@@H](CO)NS(=O)(=O)C1=CC(Cl)=CCC1=S. The Morgan fingerprint density at radius 1 is 1.50 bits per heavy atom. The average Bonchev–Trinajstić information content (AvgIpc) is 2.41. The second kappa shape index (κ2) is 7.63. The minimum Gasteiger partial charge on any atom is -0.395 e. The van der Waals surface area contributed by atoms with Crippen LogP contribution in [0.4, 0.5) is 0 Å². The van der Waals surface area contributed by atoms with E-state index < -0.39 is 16.1 Å². The van der Waals surface area contributed by atoms with Gasteiger partial charge in [0.05, 0.1) is 17.6 Å². The van der Waals surface area contributed by atoms with Gasteiger partial charge >= 0.3 is 0 Å². The summed E-state index contributed by atoms with van der Waals surface area (Å²) >= 11 is 10.9. The number of aliphatic hydroxyl groups excluding tert-OH is 1. The molecule has 1 aliphatic carbocycles. The normalized spacial score (nSPS) is 19.3. The summed E-state index contributed by atoms with van der Waals surface area (Å²) in [6, 6.07) is -0.790. The number of thiocarbonyl (C=S) groups is 1. The van der Waals surface area contributed by atoms with E-state index in [9.17, 15) is 13.5 Å². The van der Waals surface area contributed by atoms with Crippen LogP contribution in [0, 0.1) is 0 Å². The van der Waals surface area contributed by atoms with Crippen molar-refractivity contribution in [2.45, 2.75) is 31.8 Å². The molecule has 2 atom stereocenters. The Bertz CT molecular complexity index is 525. The number of rotatable bonds is 7. The van der Waals surface area contributed by atoms with Gasteiger partial charge in [-0.15, -0.1) is 0 Å². The van der Waals surface area contributed by atoms with E-state index in [1.54, 1.807) is 13.1 Å². The quantitative estimate of drug-likeness (QED) is 0.605. The maximum absolute atomic E-state index is 12.4. The van der Waals surface area contributed by atoms with Gasteiger partial charge in [-0.1, -0.05) is 36.8 Å². The minimum absolute atomic E-state index is 0.00408. The highest BCUT2D eigenvalue weighted by Gasteiger charge is 2.29. The molecule has 0 spiro atoms. The van der Waals surface area contributed by atoms with Crippen molar-refractivity contribution in [1.29, 1.82) is 0 Å². The van der Waals surface area contributed by atoms with Crippen LogP contribution in [0.1, 0.15) is 19.8 Å². The summed E-state index contributed by atoms with van der Waals surface area (Å²) in [5.74, 6) is 0. The summed E-state index contributed by atoms with van der Waals surface area (Å²) in [7, 11) is -2.08. The molecule has 1 aliphatic rings. The van der Waals surface area contributed by atoms with E-state index in [-0.39, 0.29) is 17.6 Å². The zero-order valence-corrected chi connectivity index (χ0v) is 13.8. The first-order valence-corrected chi connectivity index (χ1v) is 8.53. The maximum atomic E-state index is 12.4. The van der Waals surface area contributed by atoms with E-state index in [0.29, 0.717) is 22.7 Å². The Kier molecular flexibility index (Phi) is 6.77. The van der Waals surface area contributed by atoms with E-state index in [1.807, 2.05) is 6.92 Å². The van der Waals surface area contributed by atoms with Gasteiger partial charge < -0.3 is 10.4 Å². The Morgan fingerprint density at radius 2 is 2.15 bits per heavy atom. The van der Waals surface area contributed by atoms with E-state index in [1.165, 1.54) is 6.08 Å². The molecule has 0 saturated heterocycles. The maximum Gasteiger partial charge on any atom is 0.242 e. The topological polar surface area (TPSA) is 78.4 Å². The Hall–Kier alpha value is -0.310. The number of aliphatic hydroxyl groups is 1. The molecule has 8 heteroatoms. The van der Waals surface area contributed by atoms with Crippen molar-refractivity contribution in [3.63, 3.8) is 0 Å². The van der Waals surface area contributed by atoms with Crippen LogP contribution in [-0.4, -0.2) is 44.1 Å². The fourth-order valence-corrected chi connectivity index (χ4v) is 4.13. The highest BCUT2D eigenvalue weighted by Crippen LogP contribution is 2.22. The van der Waals surface area contributed by atoms with Crippen molar-refractivity contribution in [3.8, 4) is 0 Å². The van der Waals surface area contributed by atoms with Gasteiger partial charge in [0, 0.05) is 22.4 Å². The molecule has 0 radical (unpaired) electrons. The molecule has 3 N–H and O–H groups in total. The Labute approximate surface area is 130 Å². The van der Waals surface area contributed by atoms with Crippen LogP contribution in [0.5, 0.6) is 0 Å². The van der Waals surface area contributed by atoms with Gasteiger partial charge in [-0.2, -0.15) is 0 Å². The second-order valence-electron chi connectivity index (χ2n) is 4.44. The molecule has 5 nitrogen and oxygen atoms in total. The lowest BCUT2D eigenvalue weighted by atomic mass is 10.1. The van der Waals surface area contributed by atoms with Crippen LogP contribution in [-0.2, 0) is 10.0 Å². The fourth-order valence-electron chi connectivity index (χ4n) is 1.98.